The van der Waals surface area contributed by atoms with Crippen molar-refractivity contribution in [3.63, 3.8) is 0 Å². The van der Waals surface area contributed by atoms with Gasteiger partial charge in [0.1, 0.15) is 5.75 Å². The Hall–Kier alpha value is -0.980. The van der Waals surface area contributed by atoms with E-state index in [9.17, 15) is 5.11 Å². The molecule has 2 unspecified atom stereocenters. The summed E-state index contributed by atoms with van der Waals surface area (Å²) < 4.78 is 0. The molecule has 1 aliphatic rings. The first-order valence-electron chi connectivity index (χ1n) is 8.31. The minimum Gasteiger partial charge on any atom is -0.508 e. The molecule has 0 saturated heterocycles. The van der Waals surface area contributed by atoms with Crippen molar-refractivity contribution in [2.24, 2.45) is 17.8 Å². The number of phenols is 1. The van der Waals surface area contributed by atoms with Crippen molar-refractivity contribution >= 4 is 0 Å². The Balaban J connectivity index is 0.000000200. The molecule has 20 heavy (non-hydrogen) atoms. The van der Waals surface area contributed by atoms with Crippen LogP contribution in [0, 0.1) is 17.8 Å². The van der Waals surface area contributed by atoms with Gasteiger partial charge < -0.3 is 5.11 Å². The van der Waals surface area contributed by atoms with Crippen LogP contribution in [-0.4, -0.2) is 5.11 Å². The third-order valence-corrected chi connectivity index (χ3v) is 4.43. The normalized spacial score (nSPS) is 22.2. The number of rotatable bonds is 3. The van der Waals surface area contributed by atoms with Gasteiger partial charge in [0.2, 0.25) is 0 Å². The molecule has 1 fully saturated rings. The zero-order chi connectivity index (χ0) is 15.0. The highest BCUT2D eigenvalue weighted by molar-refractivity contribution is 5.31. The maximum absolute atomic E-state index is 9.24. The zero-order valence-corrected chi connectivity index (χ0v) is 13.7. The number of hydrogen-bond acceptors (Lipinski definition) is 1. The van der Waals surface area contributed by atoms with Crippen LogP contribution in [0.5, 0.6) is 5.75 Å². The van der Waals surface area contributed by atoms with Crippen molar-refractivity contribution in [1.82, 2.24) is 0 Å². The first-order valence-corrected chi connectivity index (χ1v) is 8.31. The average molecular weight is 276 g/mol. The first kappa shape index (κ1) is 17.1. The zero-order valence-electron chi connectivity index (χ0n) is 13.7. The highest BCUT2D eigenvalue weighted by Gasteiger charge is 2.20. The van der Waals surface area contributed by atoms with Crippen molar-refractivity contribution in [2.75, 3.05) is 0 Å². The summed E-state index contributed by atoms with van der Waals surface area (Å²) in [4.78, 5) is 0. The quantitative estimate of drug-likeness (QED) is 0.738. The van der Waals surface area contributed by atoms with Crippen LogP contribution in [0.15, 0.2) is 24.3 Å². The molecule has 0 aromatic heterocycles. The van der Waals surface area contributed by atoms with E-state index in [1.54, 1.807) is 6.07 Å². The van der Waals surface area contributed by atoms with Crippen molar-refractivity contribution in [3.05, 3.63) is 29.8 Å². The van der Waals surface area contributed by atoms with Crippen molar-refractivity contribution < 1.29 is 5.11 Å². The summed E-state index contributed by atoms with van der Waals surface area (Å²) in [5, 5.41) is 9.24. The highest BCUT2D eigenvalue weighted by atomic mass is 16.3. The lowest BCUT2D eigenvalue weighted by Crippen LogP contribution is -2.17. The van der Waals surface area contributed by atoms with Crippen molar-refractivity contribution in [2.45, 2.75) is 66.2 Å². The van der Waals surface area contributed by atoms with Crippen molar-refractivity contribution in [1.29, 1.82) is 0 Å². The molecule has 0 amide bonds. The number of aromatic hydroxyl groups is 1. The molecule has 1 aliphatic carbocycles. The third kappa shape index (κ3) is 5.98. The lowest BCUT2D eigenvalue weighted by Gasteiger charge is -2.29. The number of benzene rings is 1. The Kier molecular flexibility index (Phi) is 7.72. The van der Waals surface area contributed by atoms with Gasteiger partial charge in [-0.1, -0.05) is 71.6 Å². The second-order valence-corrected chi connectivity index (χ2v) is 6.65. The minimum absolute atomic E-state index is 0.421. The van der Waals surface area contributed by atoms with Gasteiger partial charge in [0.05, 0.1) is 0 Å². The standard InChI is InChI=1S/C10H20.C9H12O/c1-8(2)10-6-4-5-9(3)7-10;1-2-5-8-6-3-4-7-9(8)10/h8-10H,4-7H2,1-3H3;3-4,6-7,10H,2,5H2,1H3. The summed E-state index contributed by atoms with van der Waals surface area (Å²) in [6.07, 6.45) is 7.97. The molecule has 1 heteroatoms. The Morgan fingerprint density at radius 3 is 2.40 bits per heavy atom. The van der Waals surface area contributed by atoms with Crippen LogP contribution >= 0.6 is 0 Å². The lowest BCUT2D eigenvalue weighted by molar-refractivity contribution is 0.226. The van der Waals surface area contributed by atoms with E-state index in [-0.39, 0.29) is 0 Å². The molecule has 2 rings (SSSR count). The molecule has 114 valence electrons. The Morgan fingerprint density at radius 1 is 1.20 bits per heavy atom. The van der Waals surface area contributed by atoms with E-state index >= 15 is 0 Å². The number of hydrogen-bond donors (Lipinski definition) is 1. The fourth-order valence-corrected chi connectivity index (χ4v) is 3.08. The summed E-state index contributed by atoms with van der Waals surface area (Å²) in [6, 6.07) is 7.48. The van der Waals surface area contributed by atoms with Crippen LogP contribution < -0.4 is 0 Å². The van der Waals surface area contributed by atoms with Gasteiger partial charge in [0.25, 0.3) is 0 Å². The molecule has 0 aliphatic heterocycles. The van der Waals surface area contributed by atoms with Gasteiger partial charge >= 0.3 is 0 Å². The Morgan fingerprint density at radius 2 is 1.90 bits per heavy atom. The van der Waals surface area contributed by atoms with Gasteiger partial charge in [-0.25, -0.2) is 0 Å². The van der Waals surface area contributed by atoms with E-state index in [0.29, 0.717) is 5.75 Å². The summed E-state index contributed by atoms with van der Waals surface area (Å²) in [6.45, 7) is 9.23. The first-order chi connectivity index (χ1) is 9.54. The van der Waals surface area contributed by atoms with Crippen LogP contribution in [0.2, 0.25) is 0 Å². The molecule has 0 heterocycles. The predicted molar refractivity (Wildman–Crippen MR) is 88.1 cm³/mol. The number of para-hydroxylation sites is 1. The summed E-state index contributed by atoms with van der Waals surface area (Å²) in [5.41, 5.74) is 1.05. The van der Waals surface area contributed by atoms with E-state index in [2.05, 4.69) is 27.7 Å². The van der Waals surface area contributed by atoms with Gasteiger partial charge in [0, 0.05) is 0 Å². The van der Waals surface area contributed by atoms with E-state index in [1.165, 1.54) is 25.7 Å². The van der Waals surface area contributed by atoms with Crippen LogP contribution in [0.4, 0.5) is 0 Å². The van der Waals surface area contributed by atoms with E-state index in [0.717, 1.165) is 36.2 Å². The number of aryl methyl sites for hydroxylation is 1. The summed E-state index contributed by atoms with van der Waals surface area (Å²) >= 11 is 0. The molecule has 1 N–H and O–H groups in total. The molecular weight excluding hydrogens is 244 g/mol. The molecule has 0 bridgehead atoms. The van der Waals surface area contributed by atoms with Gasteiger partial charge in [-0.15, -0.1) is 0 Å². The monoisotopic (exact) mass is 276 g/mol. The smallest absolute Gasteiger partial charge is 0.118 e. The predicted octanol–water partition coefficient (Wildman–Crippen LogP) is 5.81. The van der Waals surface area contributed by atoms with Gasteiger partial charge in [-0.05, 0) is 42.2 Å². The molecule has 1 aromatic rings. The molecule has 2 atom stereocenters. The topological polar surface area (TPSA) is 20.2 Å². The van der Waals surface area contributed by atoms with Gasteiger partial charge in [0.15, 0.2) is 0 Å². The molecule has 1 saturated carbocycles. The second kappa shape index (κ2) is 9.05. The molecule has 0 spiro atoms. The molecule has 0 radical (unpaired) electrons. The van der Waals surface area contributed by atoms with Crippen LogP contribution in [0.25, 0.3) is 0 Å². The second-order valence-electron chi connectivity index (χ2n) is 6.65. The summed E-state index contributed by atoms with van der Waals surface area (Å²) in [5.74, 6) is 3.37. The SMILES string of the molecule is CC1CCCC(C(C)C)C1.CCCc1ccccc1O. The van der Waals surface area contributed by atoms with Gasteiger partial charge in [-0.3, -0.25) is 0 Å². The van der Waals surface area contributed by atoms with Crippen molar-refractivity contribution in [3.8, 4) is 5.75 Å². The van der Waals surface area contributed by atoms with Crippen LogP contribution in [0.3, 0.4) is 0 Å². The molecule has 1 nitrogen and oxygen atoms in total. The lowest BCUT2D eigenvalue weighted by atomic mass is 9.77. The fraction of sp³-hybridized carbons (Fsp3) is 0.684. The third-order valence-electron chi connectivity index (χ3n) is 4.43. The highest BCUT2D eigenvalue weighted by Crippen LogP contribution is 2.32. The van der Waals surface area contributed by atoms with E-state index in [1.807, 2.05) is 18.2 Å². The van der Waals surface area contributed by atoms with E-state index in [4.69, 9.17) is 0 Å². The molecule has 1 aromatic carbocycles. The number of phenolic OH excluding ortho intramolecular Hbond substituents is 1. The largest absolute Gasteiger partial charge is 0.508 e. The average Bonchev–Trinajstić information content (AvgIpc) is 2.42. The maximum atomic E-state index is 9.24. The van der Waals surface area contributed by atoms with Crippen LogP contribution in [-0.2, 0) is 6.42 Å². The summed E-state index contributed by atoms with van der Waals surface area (Å²) in [7, 11) is 0. The Bertz CT molecular complexity index is 370. The molecular formula is C19H32O. The van der Waals surface area contributed by atoms with E-state index < -0.39 is 0 Å². The van der Waals surface area contributed by atoms with Gasteiger partial charge in [-0.2, -0.15) is 0 Å². The fourth-order valence-electron chi connectivity index (χ4n) is 3.08. The minimum atomic E-state index is 0.421. The Labute approximate surface area is 125 Å². The van der Waals surface area contributed by atoms with Crippen LogP contribution in [0.1, 0.15) is 65.4 Å². The maximum Gasteiger partial charge on any atom is 0.118 e.